The van der Waals surface area contributed by atoms with Gasteiger partial charge in [0.2, 0.25) is 5.91 Å². The highest BCUT2D eigenvalue weighted by Crippen LogP contribution is 2.27. The van der Waals surface area contributed by atoms with E-state index in [4.69, 9.17) is 11.6 Å². The zero-order valence-corrected chi connectivity index (χ0v) is 16.4. The van der Waals surface area contributed by atoms with Crippen LogP contribution < -0.4 is 5.32 Å². The van der Waals surface area contributed by atoms with Gasteiger partial charge in [-0.3, -0.25) is 19.8 Å². The lowest BCUT2D eigenvalue weighted by Gasteiger charge is -2.18. The quantitative estimate of drug-likeness (QED) is 0.285. The first-order chi connectivity index (χ1) is 12.9. The summed E-state index contributed by atoms with van der Waals surface area (Å²) < 4.78 is 0. The zero-order valence-electron chi connectivity index (χ0n) is 14.9. The molecule has 0 spiro atoms. The van der Waals surface area contributed by atoms with Crippen molar-refractivity contribution in [1.82, 2.24) is 4.90 Å². The van der Waals surface area contributed by atoms with Crippen molar-refractivity contribution in [2.45, 2.75) is 11.4 Å². The highest BCUT2D eigenvalue weighted by atomic mass is 35.5. The van der Waals surface area contributed by atoms with Gasteiger partial charge in [0.15, 0.2) is 0 Å². The second-order valence-electron chi connectivity index (χ2n) is 5.85. The number of thioether (sulfide) groups is 1. The molecule has 2 aromatic rings. The highest BCUT2D eigenvalue weighted by Gasteiger charge is 2.14. The number of carbonyl (C=O) groups is 1. The molecule has 2 aromatic carbocycles. The van der Waals surface area contributed by atoms with E-state index in [1.807, 2.05) is 24.3 Å². The van der Waals surface area contributed by atoms with Gasteiger partial charge in [-0.2, -0.15) is 0 Å². The van der Waals surface area contributed by atoms with Gasteiger partial charge in [0.25, 0.3) is 5.69 Å². The lowest BCUT2D eigenvalue weighted by molar-refractivity contribution is -0.384. The van der Waals surface area contributed by atoms with Crippen LogP contribution in [0.5, 0.6) is 0 Å². The van der Waals surface area contributed by atoms with Gasteiger partial charge in [0, 0.05) is 34.3 Å². The smallest absolute Gasteiger partial charge is 0.269 e. The number of nitrogens with one attached hydrogen (secondary N) is 1. The van der Waals surface area contributed by atoms with Crippen LogP contribution in [-0.4, -0.2) is 35.1 Å². The van der Waals surface area contributed by atoms with Crippen molar-refractivity contribution in [2.24, 2.45) is 0 Å². The summed E-state index contributed by atoms with van der Waals surface area (Å²) in [7, 11) is 1.76. The van der Waals surface area contributed by atoms with Gasteiger partial charge in [-0.25, -0.2) is 0 Å². The van der Waals surface area contributed by atoms with Gasteiger partial charge in [-0.1, -0.05) is 29.8 Å². The summed E-state index contributed by atoms with van der Waals surface area (Å²) >= 11 is 7.71. The van der Waals surface area contributed by atoms with Crippen molar-refractivity contribution in [3.63, 3.8) is 0 Å². The van der Waals surface area contributed by atoms with Crippen LogP contribution in [0, 0.1) is 10.1 Å². The van der Waals surface area contributed by atoms with Crippen molar-refractivity contribution >= 4 is 40.6 Å². The first-order valence-corrected chi connectivity index (χ1v) is 9.51. The van der Waals surface area contributed by atoms with Crippen LogP contribution in [0.1, 0.15) is 5.56 Å². The molecular formula is C19H20ClN3O3S. The first kappa shape index (κ1) is 21.0. The van der Waals surface area contributed by atoms with E-state index in [2.05, 4.69) is 11.9 Å². The van der Waals surface area contributed by atoms with Gasteiger partial charge >= 0.3 is 0 Å². The molecule has 0 radical (unpaired) electrons. The molecule has 6 nitrogen and oxygen atoms in total. The van der Waals surface area contributed by atoms with Crippen LogP contribution >= 0.6 is 23.4 Å². The molecule has 0 heterocycles. The number of anilines is 1. The maximum atomic E-state index is 12.4. The molecule has 1 amide bonds. The molecule has 142 valence electrons. The Kier molecular flexibility index (Phi) is 7.84. The Morgan fingerprint density at radius 2 is 2.11 bits per heavy atom. The number of non-ortho nitro benzene ring substituents is 1. The van der Waals surface area contributed by atoms with E-state index in [-0.39, 0.29) is 18.1 Å². The lowest BCUT2D eigenvalue weighted by Crippen LogP contribution is -2.30. The summed E-state index contributed by atoms with van der Waals surface area (Å²) in [6.45, 7) is 4.15. The van der Waals surface area contributed by atoms with Crippen LogP contribution in [-0.2, 0) is 11.3 Å². The van der Waals surface area contributed by atoms with Crippen LogP contribution in [0.15, 0.2) is 60.0 Å². The summed E-state index contributed by atoms with van der Waals surface area (Å²) in [5.41, 5.74) is 1.32. The van der Waals surface area contributed by atoms with Crippen LogP contribution in [0.4, 0.5) is 11.4 Å². The molecular weight excluding hydrogens is 386 g/mol. The fourth-order valence-electron chi connectivity index (χ4n) is 2.42. The molecule has 2 rings (SSSR count). The Hall–Kier alpha value is -2.35. The third kappa shape index (κ3) is 6.39. The molecule has 0 atom stereocenters. The fourth-order valence-corrected chi connectivity index (χ4v) is 3.35. The molecule has 0 unspecified atom stereocenters. The molecule has 0 fully saturated rings. The monoisotopic (exact) mass is 405 g/mol. The second kappa shape index (κ2) is 10.1. The van der Waals surface area contributed by atoms with E-state index in [1.165, 1.54) is 18.2 Å². The number of hydrogen-bond acceptors (Lipinski definition) is 5. The third-order valence-corrected chi connectivity index (χ3v) is 5.05. The molecule has 0 aliphatic carbocycles. The molecule has 8 heteroatoms. The number of hydrogen-bond donors (Lipinski definition) is 1. The Labute approximate surface area is 167 Å². The molecule has 0 saturated carbocycles. The van der Waals surface area contributed by atoms with Crippen molar-refractivity contribution in [1.29, 1.82) is 0 Å². The van der Waals surface area contributed by atoms with E-state index < -0.39 is 4.92 Å². The Morgan fingerprint density at radius 1 is 1.37 bits per heavy atom. The van der Waals surface area contributed by atoms with Crippen LogP contribution in [0.3, 0.4) is 0 Å². The second-order valence-corrected chi connectivity index (χ2v) is 7.32. The molecule has 0 aliphatic heterocycles. The largest absolute Gasteiger partial charge is 0.324 e. The molecule has 0 saturated heterocycles. The number of benzene rings is 2. The Balaban J connectivity index is 1.99. The van der Waals surface area contributed by atoms with Crippen molar-refractivity contribution < 1.29 is 9.72 Å². The van der Waals surface area contributed by atoms with Crippen LogP contribution in [0.25, 0.3) is 0 Å². The van der Waals surface area contributed by atoms with Crippen molar-refractivity contribution in [3.05, 3.63) is 75.8 Å². The fraction of sp³-hybridized carbons (Fsp3) is 0.211. The molecule has 0 aromatic heterocycles. The summed E-state index contributed by atoms with van der Waals surface area (Å²) in [5, 5.41) is 14.2. The third-order valence-electron chi connectivity index (χ3n) is 3.61. The van der Waals surface area contributed by atoms with Gasteiger partial charge in [0.05, 0.1) is 17.2 Å². The minimum absolute atomic E-state index is 0.0274. The topological polar surface area (TPSA) is 75.5 Å². The van der Waals surface area contributed by atoms with Gasteiger partial charge in [-0.05, 0) is 30.8 Å². The number of nitro benzene ring substituents is 1. The maximum absolute atomic E-state index is 12.4. The molecule has 27 heavy (non-hydrogen) atoms. The van der Waals surface area contributed by atoms with E-state index in [1.54, 1.807) is 29.8 Å². The molecule has 0 aliphatic rings. The average molecular weight is 406 g/mol. The summed E-state index contributed by atoms with van der Waals surface area (Å²) in [5.74, 6) is 0.573. The van der Waals surface area contributed by atoms with Gasteiger partial charge in [-0.15, -0.1) is 18.3 Å². The van der Waals surface area contributed by atoms with E-state index >= 15 is 0 Å². The minimum Gasteiger partial charge on any atom is -0.324 e. The molecule has 1 N–H and O–H groups in total. The lowest BCUT2D eigenvalue weighted by atomic mass is 10.2. The van der Waals surface area contributed by atoms with Gasteiger partial charge < -0.3 is 5.32 Å². The number of amides is 1. The minimum atomic E-state index is -0.468. The summed E-state index contributed by atoms with van der Waals surface area (Å²) in [4.78, 5) is 25.5. The number of halogens is 1. The van der Waals surface area contributed by atoms with Gasteiger partial charge in [0.1, 0.15) is 0 Å². The molecule has 0 bridgehead atoms. The normalized spacial score (nSPS) is 10.6. The standard InChI is InChI=1S/C19H20ClN3O3S/c1-3-10-27-18-7-5-4-6-17(18)21-19(24)13-22(2)12-14-11-15(23(25)26)8-9-16(14)20/h3-9,11H,1,10,12-13H2,2H3,(H,21,24). The number of nitro groups is 1. The Bertz CT molecular complexity index is 845. The number of nitrogens with zero attached hydrogens (tertiary/aromatic N) is 2. The Morgan fingerprint density at radius 3 is 2.81 bits per heavy atom. The predicted octanol–water partition coefficient (Wildman–Crippen LogP) is 4.60. The maximum Gasteiger partial charge on any atom is 0.269 e. The summed E-state index contributed by atoms with van der Waals surface area (Å²) in [6, 6.07) is 11.8. The number of likely N-dealkylation sites (N-methyl/N-ethyl adjacent to an activating group) is 1. The average Bonchev–Trinajstić information content (AvgIpc) is 2.62. The van der Waals surface area contributed by atoms with E-state index in [9.17, 15) is 14.9 Å². The van der Waals surface area contributed by atoms with Crippen molar-refractivity contribution in [3.8, 4) is 0 Å². The summed E-state index contributed by atoms with van der Waals surface area (Å²) in [6.07, 6.45) is 1.81. The highest BCUT2D eigenvalue weighted by molar-refractivity contribution is 7.99. The van der Waals surface area contributed by atoms with Crippen molar-refractivity contribution in [2.75, 3.05) is 24.7 Å². The first-order valence-electron chi connectivity index (χ1n) is 8.14. The number of carbonyl (C=O) groups excluding carboxylic acids is 1. The number of rotatable bonds is 9. The van der Waals surface area contributed by atoms with E-state index in [0.29, 0.717) is 17.1 Å². The zero-order chi connectivity index (χ0) is 19.8. The number of para-hydroxylation sites is 1. The van der Waals surface area contributed by atoms with E-state index in [0.717, 1.165) is 16.3 Å². The SMILES string of the molecule is C=CCSc1ccccc1NC(=O)CN(C)Cc1cc([N+](=O)[O-])ccc1Cl. The van der Waals surface area contributed by atoms with Crippen LogP contribution in [0.2, 0.25) is 5.02 Å². The predicted molar refractivity (Wildman–Crippen MR) is 110 cm³/mol.